The van der Waals surface area contributed by atoms with Crippen molar-refractivity contribution in [2.45, 2.75) is 25.8 Å². The molecular weight excluding hydrogens is 294 g/mol. The summed E-state index contributed by atoms with van der Waals surface area (Å²) in [5.41, 5.74) is 8.38. The number of fused-ring (bicyclic) bond motifs is 1. The number of nitrogens with one attached hydrogen (secondary N) is 1. The molecule has 1 aromatic carbocycles. The molecule has 2 aromatic rings. The highest BCUT2D eigenvalue weighted by Gasteiger charge is 2.25. The first kappa shape index (κ1) is 13.6. The molecule has 108 valence electrons. The van der Waals surface area contributed by atoms with Gasteiger partial charge in [-0.05, 0) is 31.9 Å². The normalized spacial score (nSPS) is 21.9. The number of hydrogen-bond donors (Lipinski definition) is 2. The SMILES string of the molecule is Cc1nc2cc(NC3CCCS(=O)(=O)C3)c(N)cc2s1. The highest BCUT2D eigenvalue weighted by molar-refractivity contribution is 7.91. The topological polar surface area (TPSA) is 85.1 Å². The highest BCUT2D eigenvalue weighted by Crippen LogP contribution is 2.31. The molecule has 1 unspecified atom stereocenters. The summed E-state index contributed by atoms with van der Waals surface area (Å²) in [6.45, 7) is 1.96. The Morgan fingerprint density at radius 2 is 2.25 bits per heavy atom. The third-order valence-electron chi connectivity index (χ3n) is 3.49. The van der Waals surface area contributed by atoms with Crippen molar-refractivity contribution < 1.29 is 8.42 Å². The van der Waals surface area contributed by atoms with Crippen molar-refractivity contribution in [3.05, 3.63) is 17.1 Å². The smallest absolute Gasteiger partial charge is 0.152 e. The van der Waals surface area contributed by atoms with Crippen molar-refractivity contribution in [1.29, 1.82) is 0 Å². The van der Waals surface area contributed by atoms with Crippen LogP contribution in [0.25, 0.3) is 10.2 Å². The highest BCUT2D eigenvalue weighted by atomic mass is 32.2. The van der Waals surface area contributed by atoms with Crippen LogP contribution in [0.1, 0.15) is 17.8 Å². The summed E-state index contributed by atoms with van der Waals surface area (Å²) < 4.78 is 24.4. The lowest BCUT2D eigenvalue weighted by Crippen LogP contribution is -2.35. The molecule has 0 amide bonds. The molecule has 1 saturated heterocycles. The minimum atomic E-state index is -2.92. The summed E-state index contributed by atoms with van der Waals surface area (Å²) >= 11 is 1.61. The van der Waals surface area contributed by atoms with Crippen molar-refractivity contribution in [3.8, 4) is 0 Å². The van der Waals surface area contributed by atoms with E-state index < -0.39 is 9.84 Å². The lowest BCUT2D eigenvalue weighted by atomic mass is 10.1. The molecular formula is C13H17N3O2S2. The number of hydrogen-bond acceptors (Lipinski definition) is 6. The molecule has 0 aliphatic carbocycles. The van der Waals surface area contributed by atoms with Gasteiger partial charge in [-0.15, -0.1) is 11.3 Å². The first-order chi connectivity index (χ1) is 9.43. The van der Waals surface area contributed by atoms with Crippen LogP contribution in [-0.2, 0) is 9.84 Å². The standard InChI is InChI=1S/C13H17N3O2S2/c1-8-15-12-6-11(10(14)5-13(12)19-8)16-9-3-2-4-20(17,18)7-9/h5-6,9,16H,2-4,7,14H2,1H3. The molecule has 0 bridgehead atoms. The first-order valence-electron chi connectivity index (χ1n) is 6.56. The van der Waals surface area contributed by atoms with E-state index in [4.69, 9.17) is 5.73 Å². The lowest BCUT2D eigenvalue weighted by molar-refractivity contribution is 0.562. The summed E-state index contributed by atoms with van der Waals surface area (Å²) in [6.07, 6.45) is 1.56. The van der Waals surface area contributed by atoms with E-state index in [1.54, 1.807) is 11.3 Å². The van der Waals surface area contributed by atoms with Crippen molar-refractivity contribution in [3.63, 3.8) is 0 Å². The molecule has 7 heteroatoms. The second kappa shape index (κ2) is 4.89. The Kier molecular flexibility index (Phi) is 3.33. The van der Waals surface area contributed by atoms with Gasteiger partial charge >= 0.3 is 0 Å². The molecule has 20 heavy (non-hydrogen) atoms. The molecule has 1 aliphatic rings. The van der Waals surface area contributed by atoms with E-state index in [0.29, 0.717) is 17.9 Å². The maximum absolute atomic E-state index is 11.7. The zero-order valence-corrected chi connectivity index (χ0v) is 12.9. The maximum atomic E-state index is 11.7. The third kappa shape index (κ3) is 2.73. The van der Waals surface area contributed by atoms with Crippen LogP contribution in [0.4, 0.5) is 11.4 Å². The summed E-state index contributed by atoms with van der Waals surface area (Å²) in [4.78, 5) is 4.44. The molecule has 3 N–H and O–H groups in total. The van der Waals surface area contributed by atoms with Crippen LogP contribution in [0.2, 0.25) is 0 Å². The third-order valence-corrected chi connectivity index (χ3v) is 6.24. The molecule has 2 heterocycles. The van der Waals surface area contributed by atoms with Crippen molar-refractivity contribution >= 4 is 42.8 Å². The minimum Gasteiger partial charge on any atom is -0.397 e. The van der Waals surface area contributed by atoms with Gasteiger partial charge in [-0.25, -0.2) is 13.4 Å². The molecule has 1 aliphatic heterocycles. The fourth-order valence-electron chi connectivity index (χ4n) is 2.59. The van der Waals surface area contributed by atoms with Crippen molar-refractivity contribution in [2.75, 3.05) is 22.6 Å². The van der Waals surface area contributed by atoms with Crippen LogP contribution in [-0.4, -0.2) is 30.9 Å². The van der Waals surface area contributed by atoms with Gasteiger partial charge in [0.25, 0.3) is 0 Å². The average Bonchev–Trinajstić information content (AvgIpc) is 2.67. The molecule has 0 radical (unpaired) electrons. The predicted octanol–water partition coefficient (Wildman–Crippen LogP) is 2.18. The van der Waals surface area contributed by atoms with Crippen molar-refractivity contribution in [2.24, 2.45) is 0 Å². The molecule has 1 fully saturated rings. The number of nitrogens with zero attached hydrogens (tertiary/aromatic N) is 1. The van der Waals surface area contributed by atoms with Crippen LogP contribution >= 0.6 is 11.3 Å². The quantitative estimate of drug-likeness (QED) is 0.830. The van der Waals surface area contributed by atoms with E-state index in [1.807, 2.05) is 19.1 Å². The van der Waals surface area contributed by atoms with Gasteiger partial charge in [0.1, 0.15) is 0 Å². The number of sulfone groups is 1. The first-order valence-corrected chi connectivity index (χ1v) is 9.20. The van der Waals surface area contributed by atoms with Gasteiger partial charge in [0, 0.05) is 6.04 Å². The number of anilines is 2. The maximum Gasteiger partial charge on any atom is 0.152 e. The zero-order valence-electron chi connectivity index (χ0n) is 11.2. The Labute approximate surface area is 122 Å². The van der Waals surface area contributed by atoms with E-state index in [2.05, 4.69) is 10.3 Å². The predicted molar refractivity (Wildman–Crippen MR) is 84.1 cm³/mol. The van der Waals surface area contributed by atoms with E-state index >= 15 is 0 Å². The van der Waals surface area contributed by atoms with Gasteiger partial charge in [0.2, 0.25) is 0 Å². The van der Waals surface area contributed by atoms with Gasteiger partial charge in [0.05, 0.1) is 38.1 Å². The van der Waals surface area contributed by atoms with E-state index in [9.17, 15) is 8.42 Å². The van der Waals surface area contributed by atoms with Gasteiger partial charge in [0.15, 0.2) is 9.84 Å². The number of benzene rings is 1. The van der Waals surface area contributed by atoms with Crippen LogP contribution in [0, 0.1) is 6.92 Å². The molecule has 3 rings (SSSR count). The summed E-state index contributed by atoms with van der Waals surface area (Å²) in [6, 6.07) is 3.75. The van der Waals surface area contributed by atoms with Gasteiger partial charge in [-0.2, -0.15) is 0 Å². The van der Waals surface area contributed by atoms with Gasteiger partial charge < -0.3 is 11.1 Å². The second-order valence-electron chi connectivity index (χ2n) is 5.24. The monoisotopic (exact) mass is 311 g/mol. The van der Waals surface area contributed by atoms with Crippen LogP contribution in [0.5, 0.6) is 0 Å². The molecule has 5 nitrogen and oxygen atoms in total. The minimum absolute atomic E-state index is 0.0618. The van der Waals surface area contributed by atoms with Crippen LogP contribution in [0.15, 0.2) is 12.1 Å². The average molecular weight is 311 g/mol. The number of aromatic nitrogens is 1. The van der Waals surface area contributed by atoms with E-state index in [0.717, 1.165) is 27.3 Å². The summed E-state index contributed by atoms with van der Waals surface area (Å²) in [5.74, 6) is 0.478. The van der Waals surface area contributed by atoms with Crippen LogP contribution in [0.3, 0.4) is 0 Å². The number of nitrogen functional groups attached to an aromatic ring is 1. The lowest BCUT2D eigenvalue weighted by Gasteiger charge is -2.24. The van der Waals surface area contributed by atoms with Gasteiger partial charge in [-0.1, -0.05) is 0 Å². The fourth-order valence-corrected chi connectivity index (χ4v) is 5.08. The van der Waals surface area contributed by atoms with Crippen LogP contribution < -0.4 is 11.1 Å². The Bertz CT molecular complexity index is 752. The number of nitrogens with two attached hydrogens (primary N) is 1. The Balaban J connectivity index is 1.88. The Morgan fingerprint density at radius 1 is 1.45 bits per heavy atom. The number of thiazole rings is 1. The fraction of sp³-hybridized carbons (Fsp3) is 0.462. The summed E-state index contributed by atoms with van der Waals surface area (Å²) in [5, 5.41) is 4.26. The van der Waals surface area contributed by atoms with Crippen molar-refractivity contribution in [1.82, 2.24) is 4.98 Å². The molecule has 0 saturated carbocycles. The summed E-state index contributed by atoms with van der Waals surface area (Å²) in [7, 11) is -2.92. The number of aryl methyl sites for hydroxylation is 1. The second-order valence-corrected chi connectivity index (χ2v) is 8.70. The largest absolute Gasteiger partial charge is 0.397 e. The Morgan fingerprint density at radius 3 is 3.00 bits per heavy atom. The van der Waals surface area contributed by atoms with Gasteiger partial charge in [-0.3, -0.25) is 0 Å². The molecule has 1 atom stereocenters. The van der Waals surface area contributed by atoms with E-state index in [-0.39, 0.29) is 11.8 Å². The number of rotatable bonds is 2. The zero-order chi connectivity index (χ0) is 14.3. The Hall–Kier alpha value is -1.34. The van der Waals surface area contributed by atoms with E-state index in [1.165, 1.54) is 0 Å². The molecule has 1 aromatic heterocycles. The molecule has 0 spiro atoms.